The molecule has 0 bridgehead atoms. The van der Waals surface area contributed by atoms with E-state index in [1.807, 2.05) is 0 Å². The minimum Gasteiger partial charge on any atom is -0.475 e. The summed E-state index contributed by atoms with van der Waals surface area (Å²) in [5, 5.41) is 8.82. The fraction of sp³-hybridized carbons (Fsp3) is 0. The van der Waals surface area contributed by atoms with E-state index in [4.69, 9.17) is 16.7 Å². The molecule has 2 rings (SSSR count). The lowest BCUT2D eigenvalue weighted by molar-refractivity contribution is 0.0685. The summed E-state index contributed by atoms with van der Waals surface area (Å²) in [5.74, 6) is -1.25. The largest absolute Gasteiger partial charge is 0.475 e. The van der Waals surface area contributed by atoms with Gasteiger partial charge in [0.25, 0.3) is 0 Å². The number of halogens is 1. The summed E-state index contributed by atoms with van der Waals surface area (Å²) in [6, 6.07) is 1.61. The van der Waals surface area contributed by atoms with Crippen LogP contribution in [0.1, 0.15) is 10.6 Å². The molecule has 2 aromatic rings. The molecule has 0 atom stereocenters. The van der Waals surface area contributed by atoms with Crippen molar-refractivity contribution in [1.82, 2.24) is 15.0 Å². The minimum absolute atomic E-state index is 0.134. The Hall–Kier alpha value is -1.62. The molecule has 2 N–H and O–H groups in total. The van der Waals surface area contributed by atoms with Crippen LogP contribution in [0.4, 0.5) is 0 Å². The average Bonchev–Trinajstić information content (AvgIpc) is 2.49. The fourth-order valence-corrected chi connectivity index (χ4v) is 1.20. The molecule has 0 spiro atoms. The summed E-state index contributed by atoms with van der Waals surface area (Å²) in [6.45, 7) is 0. The topological polar surface area (TPSA) is 78.9 Å². The first kappa shape index (κ1) is 8.00. The van der Waals surface area contributed by atoms with Crippen LogP contribution in [0, 0.1) is 0 Å². The molecule has 0 aliphatic carbocycles. The van der Waals surface area contributed by atoms with Gasteiger partial charge in [-0.2, -0.15) is 0 Å². The lowest BCUT2D eigenvalue weighted by Crippen LogP contribution is -1.97. The lowest BCUT2D eigenvalue weighted by Gasteiger charge is -1.87. The number of nitrogens with one attached hydrogen (secondary N) is 1. The Balaban J connectivity index is 2.75. The van der Waals surface area contributed by atoms with E-state index in [-0.39, 0.29) is 11.0 Å². The molecule has 0 saturated heterocycles. The SMILES string of the molecule is O=C(O)c1nc2c(Cl)nccc2[nH]1. The molecule has 0 radical (unpaired) electrons. The van der Waals surface area contributed by atoms with Gasteiger partial charge in [-0.15, -0.1) is 0 Å². The van der Waals surface area contributed by atoms with Gasteiger partial charge in [0.2, 0.25) is 5.82 Å². The van der Waals surface area contributed by atoms with Crippen LogP contribution in [0.5, 0.6) is 0 Å². The van der Waals surface area contributed by atoms with Crippen molar-refractivity contribution < 1.29 is 9.90 Å². The lowest BCUT2D eigenvalue weighted by atomic mass is 10.4. The van der Waals surface area contributed by atoms with Gasteiger partial charge in [0.1, 0.15) is 5.52 Å². The van der Waals surface area contributed by atoms with Crippen molar-refractivity contribution in [1.29, 1.82) is 0 Å². The number of hydrogen-bond acceptors (Lipinski definition) is 3. The number of carboxylic acids is 1. The number of pyridine rings is 1. The highest BCUT2D eigenvalue weighted by Gasteiger charge is 2.11. The van der Waals surface area contributed by atoms with Gasteiger partial charge in [-0.3, -0.25) is 0 Å². The normalized spacial score (nSPS) is 10.5. The Bertz CT molecular complexity index is 480. The molecule has 0 saturated carbocycles. The maximum absolute atomic E-state index is 10.5. The van der Waals surface area contributed by atoms with Crippen molar-refractivity contribution in [2.24, 2.45) is 0 Å². The van der Waals surface area contributed by atoms with Crippen molar-refractivity contribution in [3.05, 3.63) is 23.2 Å². The molecule has 0 aliphatic rings. The third-order valence-electron chi connectivity index (χ3n) is 1.56. The number of H-pyrrole nitrogens is 1. The first-order valence-corrected chi connectivity index (χ1v) is 3.80. The molecular weight excluding hydrogens is 194 g/mol. The molecule has 0 aliphatic heterocycles. The second-order valence-corrected chi connectivity index (χ2v) is 2.75. The summed E-state index contributed by atoms with van der Waals surface area (Å²) < 4.78 is 0. The van der Waals surface area contributed by atoms with Crippen molar-refractivity contribution in [3.8, 4) is 0 Å². The van der Waals surface area contributed by atoms with Crippen LogP contribution in [-0.4, -0.2) is 26.0 Å². The van der Waals surface area contributed by atoms with Gasteiger partial charge in [0.15, 0.2) is 5.15 Å². The Morgan fingerprint density at radius 1 is 1.62 bits per heavy atom. The van der Waals surface area contributed by atoms with E-state index in [0.717, 1.165) is 0 Å². The van der Waals surface area contributed by atoms with E-state index in [9.17, 15) is 4.79 Å². The van der Waals surface area contributed by atoms with Gasteiger partial charge in [0, 0.05) is 6.20 Å². The quantitative estimate of drug-likeness (QED) is 0.676. The molecule has 0 aromatic carbocycles. The fourth-order valence-electron chi connectivity index (χ4n) is 1.00. The highest BCUT2D eigenvalue weighted by atomic mass is 35.5. The molecule has 13 heavy (non-hydrogen) atoms. The van der Waals surface area contributed by atoms with Gasteiger partial charge in [0.05, 0.1) is 5.52 Å². The standard InChI is InChI=1S/C7H4ClN3O2/c8-5-4-3(1-2-9-5)10-6(11-4)7(12)13/h1-2H,(H,10,11)(H,12,13). The molecule has 5 nitrogen and oxygen atoms in total. The monoisotopic (exact) mass is 197 g/mol. The highest BCUT2D eigenvalue weighted by molar-refractivity contribution is 6.33. The minimum atomic E-state index is -1.12. The number of carbonyl (C=O) groups is 1. The van der Waals surface area contributed by atoms with Crippen LogP contribution in [0.25, 0.3) is 11.0 Å². The first-order chi connectivity index (χ1) is 6.18. The van der Waals surface area contributed by atoms with E-state index in [1.54, 1.807) is 6.07 Å². The Morgan fingerprint density at radius 2 is 2.38 bits per heavy atom. The van der Waals surface area contributed by atoms with Gasteiger partial charge in [-0.05, 0) is 6.07 Å². The van der Waals surface area contributed by atoms with Crippen LogP contribution in [-0.2, 0) is 0 Å². The zero-order valence-electron chi connectivity index (χ0n) is 6.28. The second kappa shape index (κ2) is 2.70. The first-order valence-electron chi connectivity index (χ1n) is 3.42. The molecule has 6 heteroatoms. The number of imidazole rings is 1. The van der Waals surface area contributed by atoms with Gasteiger partial charge in [-0.25, -0.2) is 14.8 Å². The van der Waals surface area contributed by atoms with Crippen LogP contribution < -0.4 is 0 Å². The van der Waals surface area contributed by atoms with E-state index in [2.05, 4.69) is 15.0 Å². The van der Waals surface area contributed by atoms with E-state index < -0.39 is 5.97 Å². The maximum Gasteiger partial charge on any atom is 0.371 e. The van der Waals surface area contributed by atoms with Crippen LogP contribution >= 0.6 is 11.6 Å². The summed E-state index contributed by atoms with van der Waals surface area (Å²) in [6.07, 6.45) is 1.48. The third kappa shape index (κ3) is 1.23. The number of nitrogens with zero attached hydrogens (tertiary/aromatic N) is 2. The van der Waals surface area contributed by atoms with E-state index >= 15 is 0 Å². The van der Waals surface area contributed by atoms with E-state index in [0.29, 0.717) is 11.0 Å². The number of rotatable bonds is 1. The zero-order valence-corrected chi connectivity index (χ0v) is 7.04. The van der Waals surface area contributed by atoms with Gasteiger partial charge >= 0.3 is 5.97 Å². The van der Waals surface area contributed by atoms with Crippen LogP contribution in [0.15, 0.2) is 12.3 Å². The third-order valence-corrected chi connectivity index (χ3v) is 1.84. The summed E-state index contributed by atoms with van der Waals surface area (Å²) in [7, 11) is 0. The predicted molar refractivity (Wildman–Crippen MR) is 45.9 cm³/mol. The van der Waals surface area contributed by atoms with Crippen molar-refractivity contribution in [3.63, 3.8) is 0 Å². The number of aromatic nitrogens is 3. The highest BCUT2D eigenvalue weighted by Crippen LogP contribution is 2.17. The number of hydrogen-bond donors (Lipinski definition) is 2. The number of aromatic carboxylic acids is 1. The molecule has 2 heterocycles. The van der Waals surface area contributed by atoms with Crippen LogP contribution in [0.3, 0.4) is 0 Å². The number of aromatic amines is 1. The number of fused-ring (bicyclic) bond motifs is 1. The smallest absolute Gasteiger partial charge is 0.371 e. The summed E-state index contributed by atoms with van der Waals surface area (Å²) >= 11 is 5.69. The summed E-state index contributed by atoms with van der Waals surface area (Å²) in [5.41, 5.74) is 0.943. The predicted octanol–water partition coefficient (Wildman–Crippen LogP) is 1.31. The van der Waals surface area contributed by atoms with Crippen molar-refractivity contribution in [2.75, 3.05) is 0 Å². The summed E-state index contributed by atoms with van der Waals surface area (Å²) in [4.78, 5) is 20.7. The van der Waals surface area contributed by atoms with Crippen LogP contribution in [0.2, 0.25) is 5.15 Å². The van der Waals surface area contributed by atoms with Crippen molar-refractivity contribution >= 4 is 28.6 Å². The van der Waals surface area contributed by atoms with E-state index in [1.165, 1.54) is 6.20 Å². The van der Waals surface area contributed by atoms with Gasteiger partial charge < -0.3 is 10.1 Å². The van der Waals surface area contributed by atoms with Crippen molar-refractivity contribution in [2.45, 2.75) is 0 Å². The molecule has 66 valence electrons. The molecule has 0 amide bonds. The molecule has 2 aromatic heterocycles. The second-order valence-electron chi connectivity index (χ2n) is 2.39. The molecule has 0 unspecified atom stereocenters. The van der Waals surface area contributed by atoms with Gasteiger partial charge in [-0.1, -0.05) is 11.6 Å². The average molecular weight is 198 g/mol. The zero-order chi connectivity index (χ0) is 9.42. The molecule has 0 fully saturated rings. The Morgan fingerprint density at radius 3 is 3.00 bits per heavy atom. The Kier molecular flexibility index (Phi) is 1.66. The number of carboxylic acid groups (broad SMARTS) is 1. The molecular formula is C7H4ClN3O2. The Labute approximate surface area is 77.4 Å². The maximum atomic E-state index is 10.5.